The van der Waals surface area contributed by atoms with Crippen LogP contribution in [0, 0.1) is 0 Å². The standard InChI is InChI=1S/C14H15NO4/c1-9(8-18-2)15-13(16)11-7-10-5-3-4-6-12(10)19-14(11)17/h3-7,9H,8H2,1-2H3,(H,15,16)/t9-/m1/s1. The Morgan fingerprint density at radius 3 is 2.89 bits per heavy atom. The fraction of sp³-hybridized carbons (Fsp3) is 0.286. The summed E-state index contributed by atoms with van der Waals surface area (Å²) in [6.45, 7) is 2.18. The van der Waals surface area contributed by atoms with E-state index in [4.69, 9.17) is 9.15 Å². The number of fused-ring (bicyclic) bond motifs is 1. The fourth-order valence-electron chi connectivity index (χ4n) is 1.81. The number of hydrogen-bond acceptors (Lipinski definition) is 4. The average Bonchev–Trinajstić information content (AvgIpc) is 2.38. The molecule has 0 bridgehead atoms. The molecule has 1 atom stereocenters. The van der Waals surface area contributed by atoms with Gasteiger partial charge in [0.1, 0.15) is 11.1 Å². The molecule has 0 aliphatic carbocycles. The summed E-state index contributed by atoms with van der Waals surface area (Å²) in [6, 6.07) is 8.42. The minimum absolute atomic E-state index is 0.00153. The third kappa shape index (κ3) is 3.00. The monoisotopic (exact) mass is 261 g/mol. The number of benzene rings is 1. The van der Waals surface area contributed by atoms with Gasteiger partial charge in [0, 0.05) is 18.5 Å². The molecule has 0 aliphatic rings. The average molecular weight is 261 g/mol. The molecule has 0 saturated heterocycles. The zero-order valence-electron chi connectivity index (χ0n) is 10.8. The molecule has 5 nitrogen and oxygen atoms in total. The van der Waals surface area contributed by atoms with Gasteiger partial charge < -0.3 is 14.5 Å². The van der Waals surface area contributed by atoms with Crippen molar-refractivity contribution < 1.29 is 13.9 Å². The van der Waals surface area contributed by atoms with Gasteiger partial charge in [0.15, 0.2) is 0 Å². The van der Waals surface area contributed by atoms with Crippen LogP contribution in [0.4, 0.5) is 0 Å². The lowest BCUT2D eigenvalue weighted by molar-refractivity contribution is 0.0902. The first kappa shape index (κ1) is 13.3. The molecule has 0 unspecified atom stereocenters. The molecule has 0 aliphatic heterocycles. The number of ether oxygens (including phenoxy) is 1. The van der Waals surface area contributed by atoms with E-state index in [1.807, 2.05) is 6.07 Å². The maximum Gasteiger partial charge on any atom is 0.349 e. The van der Waals surface area contributed by atoms with E-state index < -0.39 is 11.5 Å². The van der Waals surface area contributed by atoms with Crippen molar-refractivity contribution in [1.29, 1.82) is 0 Å². The molecule has 5 heteroatoms. The second-order valence-corrected chi connectivity index (χ2v) is 4.32. The molecule has 19 heavy (non-hydrogen) atoms. The van der Waals surface area contributed by atoms with Gasteiger partial charge in [0.05, 0.1) is 6.61 Å². The number of carbonyl (C=O) groups is 1. The Labute approximate surface area is 110 Å². The molecule has 2 aromatic rings. The van der Waals surface area contributed by atoms with E-state index in [9.17, 15) is 9.59 Å². The summed E-state index contributed by atoms with van der Waals surface area (Å²) < 4.78 is 10.0. The number of carbonyl (C=O) groups excluding carboxylic acids is 1. The first-order valence-electron chi connectivity index (χ1n) is 5.94. The smallest absolute Gasteiger partial charge is 0.349 e. The van der Waals surface area contributed by atoms with Crippen LogP contribution in [0.3, 0.4) is 0 Å². The third-order valence-corrected chi connectivity index (χ3v) is 2.68. The lowest BCUT2D eigenvalue weighted by Crippen LogP contribution is -2.37. The quantitative estimate of drug-likeness (QED) is 0.848. The normalized spacial score (nSPS) is 12.3. The highest BCUT2D eigenvalue weighted by atomic mass is 16.5. The SMILES string of the molecule is COC[C@@H](C)NC(=O)c1cc2ccccc2oc1=O. The van der Waals surface area contributed by atoms with Gasteiger partial charge in [-0.15, -0.1) is 0 Å². The molecule has 0 spiro atoms. The van der Waals surface area contributed by atoms with E-state index in [0.29, 0.717) is 17.6 Å². The number of nitrogens with one attached hydrogen (secondary N) is 1. The predicted octanol–water partition coefficient (Wildman–Crippen LogP) is 1.56. The van der Waals surface area contributed by atoms with E-state index in [2.05, 4.69) is 5.32 Å². The lowest BCUT2D eigenvalue weighted by Gasteiger charge is -2.12. The Morgan fingerprint density at radius 1 is 1.42 bits per heavy atom. The highest BCUT2D eigenvalue weighted by Gasteiger charge is 2.15. The fourth-order valence-corrected chi connectivity index (χ4v) is 1.81. The van der Waals surface area contributed by atoms with Gasteiger partial charge in [0.25, 0.3) is 5.91 Å². The van der Waals surface area contributed by atoms with Crippen LogP contribution in [0.15, 0.2) is 39.5 Å². The molecule has 1 aromatic carbocycles. The number of rotatable bonds is 4. The summed E-state index contributed by atoms with van der Waals surface area (Å²) in [7, 11) is 1.55. The predicted molar refractivity (Wildman–Crippen MR) is 71.3 cm³/mol. The Hall–Kier alpha value is -2.14. The highest BCUT2D eigenvalue weighted by molar-refractivity contribution is 5.96. The van der Waals surface area contributed by atoms with Crippen molar-refractivity contribution in [3.63, 3.8) is 0 Å². The zero-order chi connectivity index (χ0) is 13.8. The molecule has 2 rings (SSSR count). The second-order valence-electron chi connectivity index (χ2n) is 4.32. The van der Waals surface area contributed by atoms with Gasteiger partial charge in [0.2, 0.25) is 0 Å². The van der Waals surface area contributed by atoms with Gasteiger partial charge in [-0.1, -0.05) is 18.2 Å². The van der Waals surface area contributed by atoms with Crippen molar-refractivity contribution in [2.24, 2.45) is 0 Å². The van der Waals surface area contributed by atoms with Crippen molar-refractivity contribution in [1.82, 2.24) is 5.32 Å². The maximum atomic E-state index is 12.0. The van der Waals surface area contributed by atoms with Crippen molar-refractivity contribution in [2.75, 3.05) is 13.7 Å². The van der Waals surface area contributed by atoms with Gasteiger partial charge >= 0.3 is 5.63 Å². The van der Waals surface area contributed by atoms with Crippen LogP contribution in [-0.4, -0.2) is 25.7 Å². The van der Waals surface area contributed by atoms with Crippen molar-refractivity contribution >= 4 is 16.9 Å². The van der Waals surface area contributed by atoms with Crippen molar-refractivity contribution in [3.05, 3.63) is 46.3 Å². The van der Waals surface area contributed by atoms with Crippen LogP contribution in [0.25, 0.3) is 11.0 Å². The number of amides is 1. The summed E-state index contributed by atoms with van der Waals surface area (Å²) in [6.07, 6.45) is 0. The van der Waals surface area contributed by atoms with E-state index >= 15 is 0 Å². The second kappa shape index (κ2) is 5.67. The van der Waals surface area contributed by atoms with Crippen LogP contribution in [0.2, 0.25) is 0 Å². The van der Waals surface area contributed by atoms with Crippen molar-refractivity contribution in [3.8, 4) is 0 Å². The van der Waals surface area contributed by atoms with Gasteiger partial charge in [-0.2, -0.15) is 0 Å². The molecule has 0 fully saturated rings. The third-order valence-electron chi connectivity index (χ3n) is 2.68. The van der Waals surface area contributed by atoms with E-state index in [1.165, 1.54) is 6.07 Å². The van der Waals surface area contributed by atoms with Gasteiger partial charge in [-0.05, 0) is 19.1 Å². The molecule has 1 N–H and O–H groups in total. The Balaban J connectivity index is 2.31. The minimum atomic E-state index is -0.638. The zero-order valence-corrected chi connectivity index (χ0v) is 10.8. The van der Waals surface area contributed by atoms with Crippen molar-refractivity contribution in [2.45, 2.75) is 13.0 Å². The maximum absolute atomic E-state index is 12.0. The molecule has 1 heterocycles. The molecule has 0 saturated carbocycles. The lowest BCUT2D eigenvalue weighted by atomic mass is 10.1. The minimum Gasteiger partial charge on any atom is -0.422 e. The Kier molecular flexibility index (Phi) is 3.97. The van der Waals surface area contributed by atoms with E-state index in [1.54, 1.807) is 32.2 Å². The van der Waals surface area contributed by atoms with Crippen LogP contribution < -0.4 is 10.9 Å². The molecule has 1 aromatic heterocycles. The van der Waals surface area contributed by atoms with E-state index in [-0.39, 0.29) is 11.6 Å². The first-order chi connectivity index (χ1) is 9.11. The van der Waals surface area contributed by atoms with Gasteiger partial charge in [-0.3, -0.25) is 4.79 Å². The molecule has 100 valence electrons. The number of methoxy groups -OCH3 is 1. The highest BCUT2D eigenvalue weighted by Crippen LogP contribution is 2.12. The molecule has 0 radical (unpaired) electrons. The Morgan fingerprint density at radius 2 is 2.16 bits per heavy atom. The summed E-state index contributed by atoms with van der Waals surface area (Å²) in [5.74, 6) is -0.455. The summed E-state index contributed by atoms with van der Waals surface area (Å²) in [4.78, 5) is 23.7. The molecular formula is C14H15NO4. The topological polar surface area (TPSA) is 68.5 Å². The van der Waals surface area contributed by atoms with Crippen LogP contribution in [0.1, 0.15) is 17.3 Å². The first-order valence-corrected chi connectivity index (χ1v) is 5.94. The number of hydrogen-bond donors (Lipinski definition) is 1. The summed E-state index contributed by atoms with van der Waals surface area (Å²) in [5.41, 5.74) is -0.170. The summed E-state index contributed by atoms with van der Waals surface area (Å²) in [5, 5.41) is 3.39. The Bertz CT molecular complexity index is 647. The molecular weight excluding hydrogens is 246 g/mol. The van der Waals surface area contributed by atoms with Gasteiger partial charge in [-0.25, -0.2) is 4.79 Å². The summed E-state index contributed by atoms with van der Waals surface area (Å²) >= 11 is 0. The van der Waals surface area contributed by atoms with E-state index in [0.717, 1.165) is 0 Å². The van der Waals surface area contributed by atoms with Crippen LogP contribution in [-0.2, 0) is 4.74 Å². The number of para-hydroxylation sites is 1. The largest absolute Gasteiger partial charge is 0.422 e. The van der Waals surface area contributed by atoms with Crippen LogP contribution >= 0.6 is 0 Å². The molecule has 1 amide bonds. The van der Waals surface area contributed by atoms with Crippen LogP contribution in [0.5, 0.6) is 0 Å².